The number of nitriles is 2. The summed E-state index contributed by atoms with van der Waals surface area (Å²) in [6.07, 6.45) is 0. The van der Waals surface area contributed by atoms with E-state index in [0.717, 1.165) is 60.9 Å². The van der Waals surface area contributed by atoms with Gasteiger partial charge in [0.15, 0.2) is 11.4 Å². The summed E-state index contributed by atoms with van der Waals surface area (Å²) in [7, 11) is 0. The highest BCUT2D eigenvalue weighted by molar-refractivity contribution is 6.12. The Morgan fingerprint density at radius 2 is 0.843 bits per heavy atom. The van der Waals surface area contributed by atoms with Crippen LogP contribution in [0.2, 0.25) is 0 Å². The van der Waals surface area contributed by atoms with Crippen LogP contribution < -0.4 is 0 Å². The molecule has 0 saturated heterocycles. The van der Waals surface area contributed by atoms with Gasteiger partial charge in [0.1, 0.15) is 5.82 Å². The first-order chi connectivity index (χ1) is 34.5. The summed E-state index contributed by atoms with van der Waals surface area (Å²) in [6, 6.07) is 73.0. The van der Waals surface area contributed by atoms with Crippen molar-refractivity contribution >= 4 is 55.0 Å². The van der Waals surface area contributed by atoms with Crippen molar-refractivity contribution in [3.05, 3.63) is 240 Å². The molecule has 0 spiro atoms. The predicted molar refractivity (Wildman–Crippen MR) is 280 cm³/mol. The molecule has 0 radical (unpaired) electrons. The number of hydrogen-bond acceptors (Lipinski definition) is 4. The molecule has 3 heterocycles. The molecule has 0 aliphatic rings. The van der Waals surface area contributed by atoms with Crippen LogP contribution in [0.4, 0.5) is 11.4 Å². The second-order valence-electron chi connectivity index (χ2n) is 16.9. The van der Waals surface area contributed by atoms with E-state index in [4.69, 9.17) is 23.1 Å². The molecule has 12 aromatic rings. The van der Waals surface area contributed by atoms with Gasteiger partial charge in [0, 0.05) is 55.2 Å². The van der Waals surface area contributed by atoms with Crippen LogP contribution in [0.25, 0.3) is 121 Å². The van der Waals surface area contributed by atoms with Crippen LogP contribution in [0.5, 0.6) is 0 Å². The number of benzene rings is 9. The number of aromatic nitrogens is 4. The lowest BCUT2D eigenvalue weighted by atomic mass is 9.90. The van der Waals surface area contributed by atoms with Crippen LogP contribution in [-0.2, 0) is 0 Å². The van der Waals surface area contributed by atoms with Gasteiger partial charge in [-0.25, -0.2) is 19.7 Å². The molecule has 0 bridgehead atoms. The highest BCUT2D eigenvalue weighted by atomic mass is 15.0. The molecule has 3 aromatic heterocycles. The molecule has 8 heteroatoms. The SMILES string of the molecule is [C-]#[N+]c1ccccc1-c1cc(-c2ccc(-c3c(C#N)cc(-c4ccc(-n5c6ccccc6c6cc(-n7c8ccccc8c8ccccc87)ccc65)cc4)cc3C#N)cc2)nc(-c2ccccc2[N+]#[C-])n1. The smallest absolute Gasteiger partial charge is 0.198 e. The summed E-state index contributed by atoms with van der Waals surface area (Å²) in [4.78, 5) is 17.2. The maximum Gasteiger partial charge on any atom is 0.198 e. The fraction of sp³-hybridized carbons (Fsp3) is 0. The standard InChI is InChI=1S/C62H34N8/c1-65-53-18-8-3-16-50(53)56-36-55(67-62(68-56)51-17-4-9-19-54(51)66-2)40-23-25-41(26-24-40)61-43(37-63)33-42(34-44(61)38-64)39-27-29-45(30-28-39)69-59-22-12-7-15-49(59)52-35-46(31-32-60(52)69)70-57-20-10-5-13-47(57)48-14-6-11-21-58(48)70/h3-36H. The largest absolute Gasteiger partial charge is 0.309 e. The Morgan fingerprint density at radius 1 is 0.386 bits per heavy atom. The zero-order chi connectivity index (χ0) is 47.3. The summed E-state index contributed by atoms with van der Waals surface area (Å²) in [6.45, 7) is 15.6. The second-order valence-corrected chi connectivity index (χ2v) is 16.9. The first kappa shape index (κ1) is 41.1. The van der Waals surface area contributed by atoms with Crippen molar-refractivity contribution in [2.75, 3.05) is 0 Å². The first-order valence-electron chi connectivity index (χ1n) is 22.6. The van der Waals surface area contributed by atoms with Crippen LogP contribution in [0.15, 0.2) is 206 Å². The molecule has 0 fully saturated rings. The van der Waals surface area contributed by atoms with E-state index in [1.165, 1.54) is 10.8 Å². The van der Waals surface area contributed by atoms with Gasteiger partial charge in [-0.3, -0.25) is 0 Å². The molecule has 0 atom stereocenters. The van der Waals surface area contributed by atoms with Crippen molar-refractivity contribution in [2.24, 2.45) is 0 Å². The van der Waals surface area contributed by atoms with E-state index in [2.05, 4.69) is 134 Å². The zero-order valence-electron chi connectivity index (χ0n) is 37.2. The molecule has 0 unspecified atom stereocenters. The Bertz CT molecular complexity index is 4120. The van der Waals surface area contributed by atoms with Crippen molar-refractivity contribution in [2.45, 2.75) is 0 Å². The maximum absolute atomic E-state index is 10.6. The molecular weight excluding hydrogens is 857 g/mol. The number of fused-ring (bicyclic) bond motifs is 6. The zero-order valence-corrected chi connectivity index (χ0v) is 37.2. The average Bonchev–Trinajstić information content (AvgIpc) is 3.95. The lowest BCUT2D eigenvalue weighted by Gasteiger charge is -2.14. The van der Waals surface area contributed by atoms with Gasteiger partial charge >= 0.3 is 0 Å². The molecule has 0 amide bonds. The van der Waals surface area contributed by atoms with Gasteiger partial charge in [0.2, 0.25) is 0 Å². The topological polar surface area (TPSA) is 91.9 Å². The Kier molecular flexibility index (Phi) is 9.86. The summed E-state index contributed by atoms with van der Waals surface area (Å²) in [5, 5.41) is 25.9. The normalized spacial score (nSPS) is 11.1. The third-order valence-corrected chi connectivity index (χ3v) is 13.1. The van der Waals surface area contributed by atoms with E-state index in [0.29, 0.717) is 62.0 Å². The minimum atomic E-state index is 0.366. The van der Waals surface area contributed by atoms with Gasteiger partial charge in [-0.05, 0) is 83.4 Å². The summed E-state index contributed by atoms with van der Waals surface area (Å²) in [5.41, 5.74) is 14.3. The Morgan fingerprint density at radius 3 is 1.44 bits per heavy atom. The number of hydrogen-bond donors (Lipinski definition) is 0. The van der Waals surface area contributed by atoms with E-state index in [-0.39, 0.29) is 0 Å². The summed E-state index contributed by atoms with van der Waals surface area (Å²) >= 11 is 0. The molecule has 0 N–H and O–H groups in total. The molecule has 8 nitrogen and oxygen atoms in total. The lowest BCUT2D eigenvalue weighted by molar-refractivity contribution is 1.17. The average molecular weight is 891 g/mol. The van der Waals surface area contributed by atoms with Gasteiger partial charge < -0.3 is 9.13 Å². The Hall–Kier alpha value is -10.4. The number of nitrogens with zero attached hydrogens (tertiary/aromatic N) is 8. The summed E-state index contributed by atoms with van der Waals surface area (Å²) in [5.74, 6) is 0.366. The van der Waals surface area contributed by atoms with E-state index in [9.17, 15) is 10.5 Å². The highest BCUT2D eigenvalue weighted by Gasteiger charge is 2.20. The van der Waals surface area contributed by atoms with Crippen molar-refractivity contribution < 1.29 is 0 Å². The minimum Gasteiger partial charge on any atom is -0.309 e. The van der Waals surface area contributed by atoms with Gasteiger partial charge in [-0.2, -0.15) is 10.5 Å². The molecular formula is C62H34N8. The van der Waals surface area contributed by atoms with Crippen LogP contribution >= 0.6 is 0 Å². The predicted octanol–water partition coefficient (Wildman–Crippen LogP) is 15.9. The van der Waals surface area contributed by atoms with E-state index in [1.807, 2.05) is 84.9 Å². The molecule has 322 valence electrons. The van der Waals surface area contributed by atoms with Crippen molar-refractivity contribution in [1.82, 2.24) is 19.1 Å². The van der Waals surface area contributed by atoms with Crippen LogP contribution in [-0.4, -0.2) is 19.1 Å². The van der Waals surface area contributed by atoms with Crippen molar-refractivity contribution in [3.63, 3.8) is 0 Å². The highest BCUT2D eigenvalue weighted by Crippen LogP contribution is 2.40. The van der Waals surface area contributed by atoms with Gasteiger partial charge in [0.25, 0.3) is 0 Å². The fourth-order valence-corrected chi connectivity index (χ4v) is 9.89. The van der Waals surface area contributed by atoms with Crippen LogP contribution in [0.1, 0.15) is 11.1 Å². The Balaban J connectivity index is 0.894. The quantitative estimate of drug-likeness (QED) is 0.149. The van der Waals surface area contributed by atoms with Gasteiger partial charge in [-0.15, -0.1) is 0 Å². The lowest BCUT2D eigenvalue weighted by Crippen LogP contribution is -1.97. The second kappa shape index (κ2) is 16.8. The van der Waals surface area contributed by atoms with Crippen molar-refractivity contribution in [1.29, 1.82) is 10.5 Å². The third-order valence-electron chi connectivity index (χ3n) is 13.1. The molecule has 0 aliphatic carbocycles. The summed E-state index contributed by atoms with van der Waals surface area (Å²) < 4.78 is 4.64. The first-order valence-corrected chi connectivity index (χ1v) is 22.6. The molecule has 70 heavy (non-hydrogen) atoms. The number of para-hydroxylation sites is 5. The maximum atomic E-state index is 10.6. The monoisotopic (exact) mass is 890 g/mol. The molecule has 0 saturated carbocycles. The van der Waals surface area contributed by atoms with E-state index in [1.54, 1.807) is 18.2 Å². The van der Waals surface area contributed by atoms with Crippen molar-refractivity contribution in [3.8, 4) is 79.7 Å². The van der Waals surface area contributed by atoms with E-state index >= 15 is 0 Å². The van der Waals surface area contributed by atoms with Gasteiger partial charge in [-0.1, -0.05) is 140 Å². The molecule has 9 aromatic carbocycles. The minimum absolute atomic E-state index is 0.366. The van der Waals surface area contributed by atoms with Gasteiger partial charge in [0.05, 0.1) is 69.9 Å². The van der Waals surface area contributed by atoms with E-state index < -0.39 is 0 Å². The molecule has 0 aliphatic heterocycles. The fourth-order valence-electron chi connectivity index (χ4n) is 9.89. The number of rotatable bonds is 7. The van der Waals surface area contributed by atoms with Crippen LogP contribution in [0.3, 0.4) is 0 Å². The molecule has 12 rings (SSSR count). The Labute approximate surface area is 402 Å². The van der Waals surface area contributed by atoms with Crippen LogP contribution in [0, 0.1) is 35.8 Å². The third kappa shape index (κ3) is 6.73.